The number of hydrogen-bond donors (Lipinski definition) is 0. The highest BCUT2D eigenvalue weighted by Crippen LogP contribution is 2.16. The first-order valence-electron chi connectivity index (χ1n) is 5.09. The van der Waals surface area contributed by atoms with E-state index < -0.39 is 11.6 Å². The van der Waals surface area contributed by atoms with Crippen LogP contribution < -0.4 is 4.74 Å². The number of nitrogens with zero attached hydrogens (tertiary/aromatic N) is 3. The largest absolute Gasteiger partial charge is 0.458 e. The molecule has 0 amide bonds. The zero-order valence-electron chi connectivity index (χ0n) is 9.40. The van der Waals surface area contributed by atoms with Gasteiger partial charge >= 0.3 is 6.01 Å². The van der Waals surface area contributed by atoms with Crippen molar-refractivity contribution in [3.63, 3.8) is 0 Å². The molecule has 0 aliphatic rings. The Bertz CT molecular complexity index is 658. The third-order valence-electron chi connectivity index (χ3n) is 2.21. The van der Waals surface area contributed by atoms with Crippen molar-refractivity contribution in [2.75, 3.05) is 0 Å². The van der Waals surface area contributed by atoms with Gasteiger partial charge in [0.15, 0.2) is 0 Å². The third-order valence-corrected chi connectivity index (χ3v) is 2.65. The zero-order valence-corrected chi connectivity index (χ0v) is 11.0. The molecule has 0 spiro atoms. The van der Waals surface area contributed by atoms with Gasteiger partial charge in [0.1, 0.15) is 28.9 Å². The first-order valence-corrected chi connectivity index (χ1v) is 5.89. The van der Waals surface area contributed by atoms with Crippen molar-refractivity contribution in [1.29, 1.82) is 5.26 Å². The molecule has 0 saturated heterocycles. The highest BCUT2D eigenvalue weighted by Gasteiger charge is 2.11. The Morgan fingerprint density at radius 2 is 2.11 bits per heavy atom. The highest BCUT2D eigenvalue weighted by molar-refractivity contribution is 9.10. The summed E-state index contributed by atoms with van der Waals surface area (Å²) in [6, 6.07) is 4.96. The highest BCUT2D eigenvalue weighted by atomic mass is 79.9. The molecule has 0 aliphatic carbocycles. The molecular formula is C12H6BrF2N3O. The van der Waals surface area contributed by atoms with Crippen LogP contribution in [0.25, 0.3) is 0 Å². The van der Waals surface area contributed by atoms with Gasteiger partial charge in [0.25, 0.3) is 0 Å². The second-order valence-corrected chi connectivity index (χ2v) is 4.30. The standard InChI is InChI=1S/C12H6BrF2N3O/c13-11-1-2-17-12(18-11)19-6-8-4-9(14)7(5-16)3-10(8)15/h1-4H,6H2. The Morgan fingerprint density at radius 3 is 2.79 bits per heavy atom. The van der Waals surface area contributed by atoms with E-state index in [0.717, 1.165) is 12.1 Å². The number of halogens is 3. The summed E-state index contributed by atoms with van der Waals surface area (Å²) in [6.45, 7) is -0.231. The lowest BCUT2D eigenvalue weighted by Gasteiger charge is -2.06. The second-order valence-electron chi connectivity index (χ2n) is 3.49. The Labute approximate surface area is 115 Å². The van der Waals surface area contributed by atoms with Crippen molar-refractivity contribution >= 4 is 15.9 Å². The minimum atomic E-state index is -0.794. The van der Waals surface area contributed by atoms with Gasteiger partial charge in [-0.1, -0.05) is 0 Å². The smallest absolute Gasteiger partial charge is 0.317 e. The fourth-order valence-electron chi connectivity index (χ4n) is 1.32. The van der Waals surface area contributed by atoms with E-state index in [1.165, 1.54) is 6.20 Å². The summed E-state index contributed by atoms with van der Waals surface area (Å²) in [5.41, 5.74) is -0.361. The maximum absolute atomic E-state index is 13.6. The quantitative estimate of drug-likeness (QED) is 0.814. The maximum atomic E-state index is 13.6. The summed E-state index contributed by atoms with van der Waals surface area (Å²) in [5.74, 6) is -1.51. The molecule has 2 rings (SSSR count). The van der Waals surface area contributed by atoms with Crippen molar-refractivity contribution in [2.45, 2.75) is 6.61 Å². The van der Waals surface area contributed by atoms with Crippen LogP contribution in [0.15, 0.2) is 29.0 Å². The van der Waals surface area contributed by atoms with E-state index in [1.807, 2.05) is 0 Å². The molecule has 0 bridgehead atoms. The first kappa shape index (κ1) is 13.4. The molecule has 1 aromatic carbocycles. The lowest BCUT2D eigenvalue weighted by atomic mass is 10.1. The van der Waals surface area contributed by atoms with Crippen LogP contribution in [0.3, 0.4) is 0 Å². The fourth-order valence-corrected chi connectivity index (χ4v) is 1.59. The van der Waals surface area contributed by atoms with Gasteiger partial charge in [-0.3, -0.25) is 0 Å². The number of benzene rings is 1. The molecule has 96 valence electrons. The number of nitriles is 1. The molecule has 7 heteroatoms. The lowest BCUT2D eigenvalue weighted by molar-refractivity contribution is 0.274. The number of rotatable bonds is 3. The average molecular weight is 326 g/mol. The van der Waals surface area contributed by atoms with Crippen molar-refractivity contribution in [1.82, 2.24) is 9.97 Å². The van der Waals surface area contributed by atoms with Crippen molar-refractivity contribution < 1.29 is 13.5 Å². The van der Waals surface area contributed by atoms with Crippen LogP contribution in [0.2, 0.25) is 0 Å². The fraction of sp³-hybridized carbons (Fsp3) is 0.0833. The van der Waals surface area contributed by atoms with Crippen LogP contribution in [0.1, 0.15) is 11.1 Å². The van der Waals surface area contributed by atoms with Crippen molar-refractivity contribution in [3.05, 3.63) is 51.8 Å². The third kappa shape index (κ3) is 3.23. The summed E-state index contributed by atoms with van der Waals surface area (Å²) in [6.07, 6.45) is 1.46. The van der Waals surface area contributed by atoms with Gasteiger partial charge in [0, 0.05) is 11.8 Å². The van der Waals surface area contributed by atoms with Gasteiger partial charge in [-0.15, -0.1) is 0 Å². The molecule has 4 nitrogen and oxygen atoms in total. The van der Waals surface area contributed by atoms with Gasteiger partial charge in [0.05, 0.1) is 5.56 Å². The summed E-state index contributed by atoms with van der Waals surface area (Å²) in [4.78, 5) is 7.70. The topological polar surface area (TPSA) is 58.8 Å². The molecule has 0 atom stereocenters. The molecule has 0 radical (unpaired) electrons. The molecule has 2 aromatic rings. The number of hydrogen-bond acceptors (Lipinski definition) is 4. The molecule has 0 fully saturated rings. The normalized spacial score (nSPS) is 10.0. The Kier molecular flexibility index (Phi) is 4.02. The Balaban J connectivity index is 2.16. The summed E-state index contributed by atoms with van der Waals surface area (Å²) >= 11 is 3.13. The molecule has 1 heterocycles. The Morgan fingerprint density at radius 1 is 1.32 bits per heavy atom. The molecule has 0 saturated carbocycles. The second kappa shape index (κ2) is 5.71. The van der Waals surface area contributed by atoms with E-state index in [0.29, 0.717) is 4.60 Å². The predicted molar refractivity (Wildman–Crippen MR) is 65.1 cm³/mol. The lowest BCUT2D eigenvalue weighted by Crippen LogP contribution is -2.03. The van der Waals surface area contributed by atoms with E-state index >= 15 is 0 Å². The zero-order chi connectivity index (χ0) is 13.8. The van der Waals surface area contributed by atoms with Crippen LogP contribution in [0.4, 0.5) is 8.78 Å². The Hall–Kier alpha value is -2.07. The minimum Gasteiger partial charge on any atom is -0.458 e. The van der Waals surface area contributed by atoms with Crippen molar-refractivity contribution in [3.8, 4) is 12.1 Å². The van der Waals surface area contributed by atoms with E-state index in [-0.39, 0.29) is 23.7 Å². The van der Waals surface area contributed by atoms with E-state index in [9.17, 15) is 8.78 Å². The maximum Gasteiger partial charge on any atom is 0.317 e. The van der Waals surface area contributed by atoms with Gasteiger partial charge in [-0.05, 0) is 34.1 Å². The van der Waals surface area contributed by atoms with Gasteiger partial charge in [-0.2, -0.15) is 10.2 Å². The monoisotopic (exact) mass is 325 g/mol. The average Bonchev–Trinajstić information content (AvgIpc) is 2.39. The molecule has 0 unspecified atom stereocenters. The van der Waals surface area contributed by atoms with Gasteiger partial charge in [-0.25, -0.2) is 13.8 Å². The van der Waals surface area contributed by atoms with Crippen LogP contribution in [-0.2, 0) is 6.61 Å². The summed E-state index contributed by atoms with van der Waals surface area (Å²) in [5, 5.41) is 8.56. The van der Waals surface area contributed by atoms with Crippen LogP contribution in [-0.4, -0.2) is 9.97 Å². The molecular weight excluding hydrogens is 320 g/mol. The molecule has 0 aliphatic heterocycles. The molecule has 0 N–H and O–H groups in total. The summed E-state index contributed by atoms with van der Waals surface area (Å²) < 4.78 is 32.5. The van der Waals surface area contributed by atoms with Crippen molar-refractivity contribution in [2.24, 2.45) is 0 Å². The van der Waals surface area contributed by atoms with E-state index in [2.05, 4.69) is 25.9 Å². The van der Waals surface area contributed by atoms with Crippen LogP contribution in [0.5, 0.6) is 6.01 Å². The van der Waals surface area contributed by atoms with E-state index in [4.69, 9.17) is 10.00 Å². The van der Waals surface area contributed by atoms with Gasteiger partial charge in [0.2, 0.25) is 0 Å². The minimum absolute atomic E-state index is 0.0138. The summed E-state index contributed by atoms with van der Waals surface area (Å²) in [7, 11) is 0. The first-order chi connectivity index (χ1) is 9.10. The van der Waals surface area contributed by atoms with E-state index in [1.54, 1.807) is 12.1 Å². The molecule has 19 heavy (non-hydrogen) atoms. The van der Waals surface area contributed by atoms with Crippen LogP contribution in [0, 0.1) is 23.0 Å². The van der Waals surface area contributed by atoms with Gasteiger partial charge < -0.3 is 4.74 Å². The SMILES string of the molecule is N#Cc1cc(F)c(COc2nccc(Br)n2)cc1F. The number of ether oxygens (including phenoxy) is 1. The number of aromatic nitrogens is 2. The predicted octanol–water partition coefficient (Wildman–Crippen LogP) is 2.97. The van der Waals surface area contributed by atoms with Crippen LogP contribution >= 0.6 is 15.9 Å². The molecule has 1 aromatic heterocycles.